The third-order valence-corrected chi connectivity index (χ3v) is 4.54. The van der Waals surface area contributed by atoms with Gasteiger partial charge in [0.05, 0.1) is 12.1 Å². The first-order valence-corrected chi connectivity index (χ1v) is 9.02. The molecule has 2 atom stereocenters. The highest BCUT2D eigenvalue weighted by Crippen LogP contribution is 2.20. The van der Waals surface area contributed by atoms with E-state index in [0.717, 1.165) is 11.1 Å². The van der Waals surface area contributed by atoms with Crippen molar-refractivity contribution in [1.29, 1.82) is 0 Å². The monoisotopic (exact) mass is 380 g/mol. The van der Waals surface area contributed by atoms with Crippen LogP contribution in [0.2, 0.25) is 0 Å². The molecular formula is C22H24N2O4. The fourth-order valence-corrected chi connectivity index (χ4v) is 2.39. The number of carbonyl (C=O) groups excluding carboxylic acids is 4. The normalized spacial score (nSPS) is 12.6. The number of hydrogen-bond donors (Lipinski definition) is 2. The number of Topliss-reactive ketones (excluding diaryl/α,β-unsaturated/α-hetero) is 2. The van der Waals surface area contributed by atoms with Crippen LogP contribution in [0.3, 0.4) is 0 Å². The Labute approximate surface area is 164 Å². The second-order valence-corrected chi connectivity index (χ2v) is 6.77. The van der Waals surface area contributed by atoms with E-state index in [0.29, 0.717) is 11.1 Å². The minimum absolute atomic E-state index is 0.105. The quantitative estimate of drug-likeness (QED) is 0.773. The maximum atomic E-state index is 12.1. The van der Waals surface area contributed by atoms with E-state index in [1.165, 1.54) is 13.8 Å². The molecule has 0 saturated carbocycles. The van der Waals surface area contributed by atoms with Crippen LogP contribution in [-0.4, -0.2) is 35.5 Å². The first-order valence-electron chi connectivity index (χ1n) is 9.02. The summed E-state index contributed by atoms with van der Waals surface area (Å²) in [6.45, 7) is 6.14. The Hall–Kier alpha value is -3.28. The van der Waals surface area contributed by atoms with Gasteiger partial charge in [0.1, 0.15) is 0 Å². The van der Waals surface area contributed by atoms with Crippen LogP contribution in [0.4, 0.5) is 0 Å². The Morgan fingerprint density at radius 1 is 0.607 bits per heavy atom. The van der Waals surface area contributed by atoms with Crippen LogP contribution in [0, 0.1) is 0 Å². The summed E-state index contributed by atoms with van der Waals surface area (Å²) in [4.78, 5) is 46.8. The second kappa shape index (κ2) is 9.08. The van der Waals surface area contributed by atoms with Crippen LogP contribution in [0.1, 0.15) is 48.4 Å². The van der Waals surface area contributed by atoms with Crippen LogP contribution >= 0.6 is 0 Å². The predicted molar refractivity (Wildman–Crippen MR) is 107 cm³/mol. The molecular weight excluding hydrogens is 356 g/mol. The minimum Gasteiger partial charge on any atom is -0.343 e. The number of nitrogens with one attached hydrogen (secondary N) is 2. The van der Waals surface area contributed by atoms with Gasteiger partial charge in [-0.3, -0.25) is 19.2 Å². The molecule has 2 aromatic carbocycles. The van der Waals surface area contributed by atoms with Gasteiger partial charge >= 0.3 is 0 Å². The molecule has 2 aromatic rings. The largest absolute Gasteiger partial charge is 0.343 e. The highest BCUT2D eigenvalue weighted by molar-refractivity contribution is 5.98. The van der Waals surface area contributed by atoms with E-state index in [4.69, 9.17) is 0 Å². The van der Waals surface area contributed by atoms with Gasteiger partial charge in [-0.15, -0.1) is 0 Å². The maximum absolute atomic E-state index is 12.1. The van der Waals surface area contributed by atoms with Crippen molar-refractivity contribution in [3.8, 4) is 11.1 Å². The van der Waals surface area contributed by atoms with Crippen molar-refractivity contribution in [3.63, 3.8) is 0 Å². The van der Waals surface area contributed by atoms with Crippen LogP contribution in [0.5, 0.6) is 0 Å². The van der Waals surface area contributed by atoms with E-state index in [1.54, 1.807) is 62.4 Å². The summed E-state index contributed by atoms with van der Waals surface area (Å²) >= 11 is 0. The molecule has 0 spiro atoms. The Morgan fingerprint density at radius 2 is 0.893 bits per heavy atom. The molecule has 0 heterocycles. The van der Waals surface area contributed by atoms with Crippen molar-refractivity contribution in [3.05, 3.63) is 59.7 Å². The molecule has 2 amide bonds. The lowest BCUT2D eigenvalue weighted by Crippen LogP contribution is -2.37. The third-order valence-electron chi connectivity index (χ3n) is 4.54. The molecule has 0 radical (unpaired) electrons. The number of hydrogen-bond acceptors (Lipinski definition) is 4. The predicted octanol–water partition coefficient (Wildman–Crippen LogP) is 2.77. The molecule has 0 aliphatic heterocycles. The second-order valence-electron chi connectivity index (χ2n) is 6.77. The number of benzene rings is 2. The van der Waals surface area contributed by atoms with Crippen molar-refractivity contribution < 1.29 is 19.2 Å². The van der Waals surface area contributed by atoms with Gasteiger partial charge < -0.3 is 10.6 Å². The molecule has 2 rings (SSSR count). The summed E-state index contributed by atoms with van der Waals surface area (Å²) in [5, 5.41) is 5.28. The van der Waals surface area contributed by atoms with Gasteiger partial charge in [0.2, 0.25) is 0 Å². The van der Waals surface area contributed by atoms with Gasteiger partial charge in [-0.25, -0.2) is 0 Å². The Kier molecular flexibility index (Phi) is 6.82. The SMILES string of the molecule is CC(=O)[C@H](C)NC(=O)c1ccc(-c2ccc(C(=O)N[C@@H](C)C(C)=O)cc2)cc1. The zero-order valence-corrected chi connectivity index (χ0v) is 16.4. The lowest BCUT2D eigenvalue weighted by Gasteiger charge is -2.12. The summed E-state index contributed by atoms with van der Waals surface area (Å²) in [5.41, 5.74) is 2.71. The molecule has 0 bridgehead atoms. The summed E-state index contributed by atoms with van der Waals surface area (Å²) < 4.78 is 0. The maximum Gasteiger partial charge on any atom is 0.251 e. The highest BCUT2D eigenvalue weighted by Gasteiger charge is 2.14. The van der Waals surface area contributed by atoms with Gasteiger partial charge in [-0.1, -0.05) is 24.3 Å². The van der Waals surface area contributed by atoms with Crippen molar-refractivity contribution in [2.75, 3.05) is 0 Å². The van der Waals surface area contributed by atoms with E-state index in [-0.39, 0.29) is 23.4 Å². The summed E-state index contributed by atoms with van der Waals surface area (Å²) in [5.74, 6) is -0.819. The first kappa shape index (κ1) is 21.0. The zero-order chi connectivity index (χ0) is 20.8. The van der Waals surface area contributed by atoms with Gasteiger partial charge in [0, 0.05) is 11.1 Å². The average Bonchev–Trinajstić information content (AvgIpc) is 2.67. The van der Waals surface area contributed by atoms with E-state index >= 15 is 0 Å². The highest BCUT2D eigenvalue weighted by atomic mass is 16.2. The molecule has 2 N–H and O–H groups in total. The lowest BCUT2D eigenvalue weighted by atomic mass is 10.0. The van der Waals surface area contributed by atoms with Crippen molar-refractivity contribution in [2.24, 2.45) is 0 Å². The standard InChI is InChI=1S/C22H24N2O4/c1-13(15(3)25)23-21(27)19-9-5-17(6-10-19)18-7-11-20(12-8-18)22(28)24-14(2)16(4)26/h5-14H,1-4H3,(H,23,27)(H,24,28)/t13-,14-/m0/s1. The zero-order valence-electron chi connectivity index (χ0n) is 16.4. The van der Waals surface area contributed by atoms with Crippen LogP contribution < -0.4 is 10.6 Å². The van der Waals surface area contributed by atoms with E-state index in [9.17, 15) is 19.2 Å². The molecule has 0 aromatic heterocycles. The lowest BCUT2D eigenvalue weighted by molar-refractivity contribution is -0.119. The van der Waals surface area contributed by atoms with Crippen LogP contribution in [0.25, 0.3) is 11.1 Å². The first-order chi connectivity index (χ1) is 13.2. The van der Waals surface area contributed by atoms with E-state index < -0.39 is 12.1 Å². The summed E-state index contributed by atoms with van der Waals surface area (Å²) in [6.07, 6.45) is 0. The van der Waals surface area contributed by atoms with Gasteiger partial charge in [0.15, 0.2) is 11.6 Å². The van der Waals surface area contributed by atoms with Crippen LogP contribution in [0.15, 0.2) is 48.5 Å². The van der Waals surface area contributed by atoms with Gasteiger partial charge in [-0.2, -0.15) is 0 Å². The molecule has 0 aliphatic carbocycles. The summed E-state index contributed by atoms with van der Waals surface area (Å²) in [7, 11) is 0. The fraction of sp³-hybridized carbons (Fsp3) is 0.273. The fourth-order valence-electron chi connectivity index (χ4n) is 2.39. The Morgan fingerprint density at radius 3 is 1.14 bits per heavy atom. The van der Waals surface area contributed by atoms with Gasteiger partial charge in [-0.05, 0) is 63.1 Å². The van der Waals surface area contributed by atoms with E-state index in [1.807, 2.05) is 0 Å². The number of carbonyl (C=O) groups is 4. The topological polar surface area (TPSA) is 92.3 Å². The molecule has 6 heteroatoms. The van der Waals surface area contributed by atoms with Crippen molar-refractivity contribution in [1.82, 2.24) is 10.6 Å². The minimum atomic E-state index is -0.531. The molecule has 0 saturated heterocycles. The third kappa shape index (κ3) is 5.36. The molecule has 0 unspecified atom stereocenters. The molecule has 0 fully saturated rings. The molecule has 28 heavy (non-hydrogen) atoms. The van der Waals surface area contributed by atoms with E-state index in [2.05, 4.69) is 10.6 Å². The number of rotatable bonds is 7. The summed E-state index contributed by atoms with van der Waals surface area (Å²) in [6, 6.07) is 12.9. The Bertz CT molecular complexity index is 810. The smallest absolute Gasteiger partial charge is 0.251 e. The number of amides is 2. The Balaban J connectivity index is 2.08. The molecule has 0 aliphatic rings. The molecule has 6 nitrogen and oxygen atoms in total. The number of ketones is 2. The van der Waals surface area contributed by atoms with Gasteiger partial charge in [0.25, 0.3) is 11.8 Å². The van der Waals surface area contributed by atoms with Crippen molar-refractivity contribution >= 4 is 23.4 Å². The van der Waals surface area contributed by atoms with Crippen LogP contribution in [-0.2, 0) is 9.59 Å². The molecule has 146 valence electrons. The van der Waals surface area contributed by atoms with Crippen molar-refractivity contribution in [2.45, 2.75) is 39.8 Å². The average molecular weight is 380 g/mol.